The van der Waals surface area contributed by atoms with Crippen molar-refractivity contribution in [2.45, 2.75) is 51.0 Å². The number of rotatable bonds is 5. The first-order valence-electron chi connectivity index (χ1n) is 9.48. The second-order valence-electron chi connectivity index (χ2n) is 7.14. The van der Waals surface area contributed by atoms with Gasteiger partial charge in [-0.3, -0.25) is 0 Å². The molecule has 0 saturated carbocycles. The van der Waals surface area contributed by atoms with E-state index in [9.17, 15) is 17.2 Å². The average Bonchev–Trinajstić information content (AvgIpc) is 3.22. The molecule has 0 bridgehead atoms. The Kier molecular flexibility index (Phi) is 5.69. The van der Waals surface area contributed by atoms with Gasteiger partial charge >= 0.3 is 6.61 Å². The monoisotopic (exact) mass is 415 g/mol. The first-order chi connectivity index (χ1) is 13.4. The van der Waals surface area contributed by atoms with Crippen molar-refractivity contribution in [1.29, 1.82) is 0 Å². The zero-order valence-corrected chi connectivity index (χ0v) is 16.2. The number of aryl methyl sites for hydroxylation is 1. The molecular weight excluding hydrogens is 392 g/mol. The first-order valence-corrected chi connectivity index (χ1v) is 10.9. The van der Waals surface area contributed by atoms with Crippen LogP contribution >= 0.6 is 0 Å². The molecule has 2 heterocycles. The van der Waals surface area contributed by atoms with Crippen molar-refractivity contribution in [2.24, 2.45) is 0 Å². The van der Waals surface area contributed by atoms with Crippen molar-refractivity contribution in [3.63, 3.8) is 0 Å². The van der Waals surface area contributed by atoms with Crippen LogP contribution in [-0.2, 0) is 25.9 Å². The summed E-state index contributed by atoms with van der Waals surface area (Å²) >= 11 is 0. The Balaban J connectivity index is 1.59. The normalized spacial score (nSPS) is 24.2. The molecular formula is C19H23F2NO5S. The third kappa shape index (κ3) is 3.94. The lowest BCUT2D eigenvalue weighted by Gasteiger charge is -2.37. The van der Waals surface area contributed by atoms with Crippen LogP contribution < -0.4 is 4.74 Å². The SMILES string of the molecule is O=S(=O)(C1=Cc2ccc(OC(F)F)cc2CC1)N1CCCCC1C1OCCO1. The minimum atomic E-state index is -3.66. The Labute approximate surface area is 163 Å². The number of allylic oxidation sites excluding steroid dienone is 1. The van der Waals surface area contributed by atoms with Crippen molar-refractivity contribution in [1.82, 2.24) is 4.31 Å². The fourth-order valence-corrected chi connectivity index (χ4v) is 5.94. The van der Waals surface area contributed by atoms with E-state index in [0.717, 1.165) is 18.4 Å². The van der Waals surface area contributed by atoms with E-state index < -0.39 is 22.9 Å². The van der Waals surface area contributed by atoms with Gasteiger partial charge in [-0.15, -0.1) is 0 Å². The number of ether oxygens (including phenoxy) is 3. The summed E-state index contributed by atoms with van der Waals surface area (Å²) in [5.41, 5.74) is 1.52. The zero-order valence-electron chi connectivity index (χ0n) is 15.4. The highest BCUT2D eigenvalue weighted by Crippen LogP contribution is 2.35. The third-order valence-corrected chi connectivity index (χ3v) is 7.45. The number of benzene rings is 1. The lowest BCUT2D eigenvalue weighted by atomic mass is 9.97. The maximum Gasteiger partial charge on any atom is 0.387 e. The summed E-state index contributed by atoms with van der Waals surface area (Å²) < 4.78 is 68.6. The van der Waals surface area contributed by atoms with Crippen LogP contribution in [0.2, 0.25) is 0 Å². The Morgan fingerprint density at radius 3 is 2.68 bits per heavy atom. The topological polar surface area (TPSA) is 65.1 Å². The van der Waals surface area contributed by atoms with E-state index in [1.807, 2.05) is 0 Å². The molecule has 4 rings (SSSR count). The molecule has 1 aliphatic carbocycles. The molecule has 1 atom stereocenters. The Morgan fingerprint density at radius 1 is 1.14 bits per heavy atom. The summed E-state index contributed by atoms with van der Waals surface area (Å²) in [6.45, 7) is -1.48. The molecule has 1 unspecified atom stereocenters. The molecule has 2 saturated heterocycles. The molecule has 2 aliphatic heterocycles. The first kappa shape index (κ1) is 19.8. The average molecular weight is 415 g/mol. The maximum absolute atomic E-state index is 13.4. The van der Waals surface area contributed by atoms with E-state index in [-0.39, 0.29) is 11.8 Å². The van der Waals surface area contributed by atoms with Crippen LogP contribution in [0.25, 0.3) is 6.08 Å². The third-order valence-electron chi connectivity index (χ3n) is 5.40. The quantitative estimate of drug-likeness (QED) is 0.739. The molecule has 0 spiro atoms. The molecule has 154 valence electrons. The van der Waals surface area contributed by atoms with Crippen LogP contribution in [0.1, 0.15) is 36.8 Å². The number of nitrogens with zero attached hydrogens (tertiary/aromatic N) is 1. The number of fused-ring (bicyclic) bond motifs is 1. The van der Waals surface area contributed by atoms with Crippen molar-refractivity contribution in [3.8, 4) is 5.75 Å². The van der Waals surface area contributed by atoms with E-state index >= 15 is 0 Å². The molecule has 0 aromatic heterocycles. The molecule has 0 amide bonds. The van der Waals surface area contributed by atoms with Gasteiger partial charge < -0.3 is 14.2 Å². The summed E-state index contributed by atoms with van der Waals surface area (Å²) in [4.78, 5) is 0.340. The summed E-state index contributed by atoms with van der Waals surface area (Å²) in [5.74, 6) is 0.0834. The molecule has 9 heteroatoms. The van der Waals surface area contributed by atoms with Crippen molar-refractivity contribution < 1.29 is 31.4 Å². The molecule has 1 aromatic carbocycles. The van der Waals surface area contributed by atoms with E-state index in [1.165, 1.54) is 10.4 Å². The molecule has 2 fully saturated rings. The van der Waals surface area contributed by atoms with Gasteiger partial charge in [-0.2, -0.15) is 13.1 Å². The Bertz CT molecular complexity index is 852. The maximum atomic E-state index is 13.4. The summed E-state index contributed by atoms with van der Waals surface area (Å²) in [6, 6.07) is 4.29. The number of halogens is 2. The van der Waals surface area contributed by atoms with Gasteiger partial charge in [0.05, 0.1) is 24.2 Å². The standard InChI is InChI=1S/C19H23F2NO5S/c20-19(21)27-15-6-4-14-12-16(7-5-13(14)11-15)28(23,24)22-8-2-1-3-17(22)18-25-9-10-26-18/h4,6,11-12,17-19H,1-3,5,7-10H2. The Morgan fingerprint density at radius 2 is 1.93 bits per heavy atom. The Hall–Kier alpha value is -1.55. The zero-order chi connectivity index (χ0) is 19.7. The van der Waals surface area contributed by atoms with Crippen LogP contribution in [0.4, 0.5) is 8.78 Å². The summed E-state index contributed by atoms with van der Waals surface area (Å²) in [5, 5.41) is 0. The van der Waals surface area contributed by atoms with Crippen LogP contribution in [0.5, 0.6) is 5.75 Å². The van der Waals surface area contributed by atoms with Crippen molar-refractivity contribution in [2.75, 3.05) is 19.8 Å². The molecule has 0 radical (unpaired) electrons. The predicted octanol–water partition coefficient (Wildman–Crippen LogP) is 3.13. The van der Waals surface area contributed by atoms with Crippen molar-refractivity contribution >= 4 is 16.1 Å². The fraction of sp³-hybridized carbons (Fsp3) is 0.579. The van der Waals surface area contributed by atoms with Gasteiger partial charge in [-0.05, 0) is 55.0 Å². The van der Waals surface area contributed by atoms with Gasteiger partial charge in [-0.25, -0.2) is 8.42 Å². The van der Waals surface area contributed by atoms with Gasteiger partial charge in [0.15, 0.2) is 6.29 Å². The summed E-state index contributed by atoms with van der Waals surface area (Å²) in [7, 11) is -3.66. The fourth-order valence-electron chi connectivity index (χ4n) is 4.07. The van der Waals surface area contributed by atoms with Gasteiger partial charge in [-0.1, -0.05) is 12.5 Å². The minimum absolute atomic E-state index is 0.0834. The van der Waals surface area contributed by atoms with Gasteiger partial charge in [0.25, 0.3) is 0 Å². The highest BCUT2D eigenvalue weighted by molar-refractivity contribution is 7.93. The van der Waals surface area contributed by atoms with E-state index in [4.69, 9.17) is 9.47 Å². The van der Waals surface area contributed by atoms with Crippen LogP contribution in [0.3, 0.4) is 0 Å². The molecule has 0 N–H and O–H groups in total. The second-order valence-corrected chi connectivity index (χ2v) is 9.08. The van der Waals surface area contributed by atoms with E-state index in [0.29, 0.717) is 49.5 Å². The van der Waals surface area contributed by atoms with Crippen LogP contribution in [-0.4, -0.2) is 51.4 Å². The summed E-state index contributed by atoms with van der Waals surface area (Å²) in [6.07, 6.45) is 4.36. The molecule has 6 nitrogen and oxygen atoms in total. The number of sulfonamides is 1. The predicted molar refractivity (Wildman–Crippen MR) is 98.3 cm³/mol. The van der Waals surface area contributed by atoms with E-state index in [1.54, 1.807) is 18.2 Å². The smallest absolute Gasteiger partial charge is 0.387 e. The van der Waals surface area contributed by atoms with Gasteiger partial charge in [0.1, 0.15) is 5.75 Å². The number of hydrogen-bond acceptors (Lipinski definition) is 5. The molecule has 1 aromatic rings. The molecule has 28 heavy (non-hydrogen) atoms. The lowest BCUT2D eigenvalue weighted by Crippen LogP contribution is -2.50. The highest BCUT2D eigenvalue weighted by atomic mass is 32.2. The highest BCUT2D eigenvalue weighted by Gasteiger charge is 2.41. The van der Waals surface area contributed by atoms with Gasteiger partial charge in [0, 0.05) is 6.54 Å². The van der Waals surface area contributed by atoms with Crippen LogP contribution in [0, 0.1) is 0 Å². The lowest BCUT2D eigenvalue weighted by molar-refractivity contribution is -0.0911. The van der Waals surface area contributed by atoms with Crippen molar-refractivity contribution in [3.05, 3.63) is 34.2 Å². The number of hydrogen-bond donors (Lipinski definition) is 0. The van der Waals surface area contributed by atoms with Crippen LogP contribution in [0.15, 0.2) is 23.1 Å². The number of piperidine rings is 1. The largest absolute Gasteiger partial charge is 0.435 e. The number of alkyl halides is 2. The van der Waals surface area contributed by atoms with E-state index in [2.05, 4.69) is 4.74 Å². The second kappa shape index (κ2) is 8.06. The van der Waals surface area contributed by atoms with Gasteiger partial charge in [0.2, 0.25) is 10.0 Å². The molecule has 3 aliphatic rings. The minimum Gasteiger partial charge on any atom is -0.435 e.